The van der Waals surface area contributed by atoms with Crippen molar-refractivity contribution in [1.82, 2.24) is 14.9 Å². The highest BCUT2D eigenvalue weighted by Gasteiger charge is 2.17. The molecule has 0 saturated carbocycles. The molecule has 0 aromatic carbocycles. The first-order valence-corrected chi connectivity index (χ1v) is 5.26. The molecule has 1 aromatic rings. The van der Waals surface area contributed by atoms with Gasteiger partial charge < -0.3 is 10.4 Å². The van der Waals surface area contributed by atoms with Crippen LogP contribution >= 0.6 is 0 Å². The highest BCUT2D eigenvalue weighted by atomic mass is 16.4. The van der Waals surface area contributed by atoms with Crippen molar-refractivity contribution in [3.63, 3.8) is 0 Å². The lowest BCUT2D eigenvalue weighted by Crippen LogP contribution is -2.43. The van der Waals surface area contributed by atoms with Crippen LogP contribution in [-0.2, 0) is 16.1 Å². The van der Waals surface area contributed by atoms with Crippen molar-refractivity contribution in [2.24, 2.45) is 0 Å². The van der Waals surface area contributed by atoms with Gasteiger partial charge in [0, 0.05) is 12.3 Å². The Kier molecular flexibility index (Phi) is 4.41. The first-order valence-electron chi connectivity index (χ1n) is 5.26. The lowest BCUT2D eigenvalue weighted by Gasteiger charge is -2.12. The number of aromatic amines is 1. The molecule has 1 rings (SSSR count). The molecular formula is C10H13N3O5. The average molecular weight is 255 g/mol. The van der Waals surface area contributed by atoms with E-state index >= 15 is 0 Å². The van der Waals surface area contributed by atoms with Gasteiger partial charge in [-0.1, -0.05) is 6.92 Å². The second-order valence-corrected chi connectivity index (χ2v) is 3.60. The molecule has 18 heavy (non-hydrogen) atoms. The molecule has 0 aliphatic carbocycles. The predicted octanol–water partition coefficient (Wildman–Crippen LogP) is -1.48. The Balaban J connectivity index is 2.73. The van der Waals surface area contributed by atoms with Gasteiger partial charge in [-0.2, -0.15) is 0 Å². The Morgan fingerprint density at radius 2 is 2.17 bits per heavy atom. The minimum Gasteiger partial charge on any atom is -0.480 e. The van der Waals surface area contributed by atoms with E-state index in [1.165, 1.54) is 6.20 Å². The summed E-state index contributed by atoms with van der Waals surface area (Å²) in [6.07, 6.45) is 1.41. The Bertz CT molecular complexity index is 559. The first-order chi connectivity index (χ1) is 8.43. The van der Waals surface area contributed by atoms with Crippen molar-refractivity contribution >= 4 is 11.9 Å². The number of nitrogens with one attached hydrogen (secondary N) is 2. The van der Waals surface area contributed by atoms with E-state index in [0.29, 0.717) is 0 Å². The minimum atomic E-state index is -1.14. The van der Waals surface area contributed by atoms with Crippen LogP contribution in [0.25, 0.3) is 0 Å². The Hall–Kier alpha value is -2.38. The lowest BCUT2D eigenvalue weighted by atomic mass is 10.2. The van der Waals surface area contributed by atoms with Crippen LogP contribution in [0.2, 0.25) is 0 Å². The molecule has 0 fully saturated rings. The van der Waals surface area contributed by atoms with E-state index in [1.807, 2.05) is 4.98 Å². The maximum atomic E-state index is 11.5. The van der Waals surface area contributed by atoms with E-state index in [4.69, 9.17) is 5.11 Å². The van der Waals surface area contributed by atoms with Gasteiger partial charge in [-0.05, 0) is 6.42 Å². The fourth-order valence-corrected chi connectivity index (χ4v) is 1.30. The van der Waals surface area contributed by atoms with Crippen LogP contribution in [0.3, 0.4) is 0 Å². The third-order valence-electron chi connectivity index (χ3n) is 2.25. The van der Waals surface area contributed by atoms with Crippen molar-refractivity contribution in [2.75, 3.05) is 0 Å². The first kappa shape index (κ1) is 13.7. The van der Waals surface area contributed by atoms with E-state index in [2.05, 4.69) is 5.32 Å². The zero-order valence-electron chi connectivity index (χ0n) is 9.67. The van der Waals surface area contributed by atoms with E-state index in [1.54, 1.807) is 6.92 Å². The molecule has 0 aliphatic rings. The smallest absolute Gasteiger partial charge is 0.328 e. The number of hydrogen-bond donors (Lipinski definition) is 3. The van der Waals surface area contributed by atoms with Crippen LogP contribution in [-0.4, -0.2) is 32.6 Å². The van der Waals surface area contributed by atoms with Crippen molar-refractivity contribution in [3.8, 4) is 0 Å². The Morgan fingerprint density at radius 3 is 2.67 bits per heavy atom. The van der Waals surface area contributed by atoms with Crippen molar-refractivity contribution in [2.45, 2.75) is 25.9 Å². The van der Waals surface area contributed by atoms with Gasteiger partial charge in [-0.25, -0.2) is 9.59 Å². The predicted molar refractivity (Wildman–Crippen MR) is 61.2 cm³/mol. The van der Waals surface area contributed by atoms with E-state index in [9.17, 15) is 19.2 Å². The molecule has 0 spiro atoms. The van der Waals surface area contributed by atoms with Gasteiger partial charge in [0.05, 0.1) is 0 Å². The summed E-state index contributed by atoms with van der Waals surface area (Å²) in [5.74, 6) is -1.75. The largest absolute Gasteiger partial charge is 0.480 e. The number of carbonyl (C=O) groups excluding carboxylic acids is 1. The van der Waals surface area contributed by atoms with E-state index in [0.717, 1.165) is 10.6 Å². The minimum absolute atomic E-state index is 0.238. The number of rotatable bonds is 5. The van der Waals surface area contributed by atoms with Crippen LogP contribution in [0, 0.1) is 0 Å². The SMILES string of the molecule is CC[C@@H](NC(=O)Cn1ccc(=O)[nH]c1=O)C(=O)O. The standard InChI is InChI=1S/C10H13N3O5/c1-2-6(9(16)17)11-8(15)5-13-4-3-7(14)12-10(13)18/h3-4,6H,2,5H2,1H3,(H,11,15)(H,16,17)(H,12,14,18)/t6-/m1/s1. The van der Waals surface area contributed by atoms with Crippen LogP contribution in [0.4, 0.5) is 0 Å². The molecule has 98 valence electrons. The fourth-order valence-electron chi connectivity index (χ4n) is 1.30. The number of carbonyl (C=O) groups is 2. The summed E-state index contributed by atoms with van der Waals surface area (Å²) in [5, 5.41) is 11.0. The molecular weight excluding hydrogens is 242 g/mol. The van der Waals surface area contributed by atoms with Gasteiger partial charge in [0.1, 0.15) is 12.6 Å². The molecule has 0 aliphatic heterocycles. The van der Waals surface area contributed by atoms with Gasteiger partial charge in [-0.15, -0.1) is 0 Å². The topological polar surface area (TPSA) is 121 Å². The van der Waals surface area contributed by atoms with Gasteiger partial charge in [0.2, 0.25) is 5.91 Å². The number of H-pyrrole nitrogens is 1. The van der Waals surface area contributed by atoms with Crippen LogP contribution in [0.5, 0.6) is 0 Å². The highest BCUT2D eigenvalue weighted by Crippen LogP contribution is 1.91. The van der Waals surface area contributed by atoms with Crippen molar-refractivity contribution in [3.05, 3.63) is 33.1 Å². The zero-order valence-corrected chi connectivity index (χ0v) is 9.67. The molecule has 0 bridgehead atoms. The van der Waals surface area contributed by atoms with Crippen LogP contribution in [0.1, 0.15) is 13.3 Å². The molecule has 8 nitrogen and oxygen atoms in total. The molecule has 1 amide bonds. The van der Waals surface area contributed by atoms with E-state index in [-0.39, 0.29) is 13.0 Å². The molecule has 1 atom stereocenters. The summed E-state index contributed by atoms with van der Waals surface area (Å²) in [6.45, 7) is 1.27. The lowest BCUT2D eigenvalue weighted by molar-refractivity contribution is -0.142. The molecule has 1 aromatic heterocycles. The third kappa shape index (κ3) is 3.58. The molecule has 3 N–H and O–H groups in total. The number of amides is 1. The Morgan fingerprint density at radius 1 is 1.50 bits per heavy atom. The summed E-state index contributed by atoms with van der Waals surface area (Å²) >= 11 is 0. The summed E-state index contributed by atoms with van der Waals surface area (Å²) < 4.78 is 0.977. The monoisotopic (exact) mass is 255 g/mol. The normalized spacial score (nSPS) is 11.8. The van der Waals surface area contributed by atoms with Gasteiger partial charge in [-0.3, -0.25) is 19.1 Å². The highest BCUT2D eigenvalue weighted by molar-refractivity contribution is 5.83. The van der Waals surface area contributed by atoms with E-state index < -0.39 is 29.2 Å². The van der Waals surface area contributed by atoms with Crippen LogP contribution in [0.15, 0.2) is 21.9 Å². The van der Waals surface area contributed by atoms with Gasteiger partial charge >= 0.3 is 11.7 Å². The van der Waals surface area contributed by atoms with Crippen molar-refractivity contribution in [1.29, 1.82) is 0 Å². The average Bonchev–Trinajstić information content (AvgIpc) is 2.29. The number of carboxylic acid groups (broad SMARTS) is 1. The quantitative estimate of drug-likeness (QED) is 0.592. The number of hydrogen-bond acceptors (Lipinski definition) is 4. The second kappa shape index (κ2) is 5.80. The number of aliphatic carboxylic acids is 1. The fraction of sp³-hybridized carbons (Fsp3) is 0.400. The number of aromatic nitrogens is 2. The molecule has 8 heteroatoms. The maximum Gasteiger partial charge on any atom is 0.328 e. The summed E-state index contributed by atoms with van der Waals surface area (Å²) in [4.78, 5) is 46.3. The molecule has 1 heterocycles. The van der Waals surface area contributed by atoms with Crippen LogP contribution < -0.4 is 16.6 Å². The summed E-state index contributed by atoms with van der Waals surface area (Å²) in [7, 11) is 0. The number of carboxylic acids is 1. The van der Waals surface area contributed by atoms with Gasteiger partial charge in [0.15, 0.2) is 0 Å². The van der Waals surface area contributed by atoms with Gasteiger partial charge in [0.25, 0.3) is 5.56 Å². The molecule has 0 radical (unpaired) electrons. The third-order valence-corrected chi connectivity index (χ3v) is 2.25. The van der Waals surface area contributed by atoms with Crippen molar-refractivity contribution < 1.29 is 14.7 Å². The second-order valence-electron chi connectivity index (χ2n) is 3.60. The summed E-state index contributed by atoms with van der Waals surface area (Å²) in [5.41, 5.74) is -1.28. The Labute approximate surface area is 101 Å². The maximum absolute atomic E-state index is 11.5. The summed E-state index contributed by atoms with van der Waals surface area (Å²) in [6, 6.07) is 0.111. The molecule has 0 saturated heterocycles. The molecule has 0 unspecified atom stereocenters. The number of nitrogens with zero attached hydrogens (tertiary/aromatic N) is 1. The zero-order chi connectivity index (χ0) is 13.7.